The van der Waals surface area contributed by atoms with Crippen molar-refractivity contribution < 1.29 is 9.90 Å². The van der Waals surface area contributed by atoms with E-state index in [2.05, 4.69) is 43.2 Å². The van der Waals surface area contributed by atoms with Gasteiger partial charge in [0, 0.05) is 10.6 Å². The van der Waals surface area contributed by atoms with Gasteiger partial charge in [0.15, 0.2) is 10.8 Å². The third-order valence-corrected chi connectivity index (χ3v) is 3.89. The van der Waals surface area contributed by atoms with Crippen molar-refractivity contribution in [2.45, 2.75) is 33.1 Å². The standard InChI is InChI=1S/C15H18N2O2S/c1-9-12(13(18)19)17-14(20-9)16-11-7-5-10(6-8-11)15(2,3)4/h5-8H,1-4H3,(H,16,17)(H,18,19). The average molecular weight is 290 g/mol. The third kappa shape index (κ3) is 3.17. The topological polar surface area (TPSA) is 62.2 Å². The molecule has 1 aromatic heterocycles. The monoisotopic (exact) mass is 290 g/mol. The van der Waals surface area contributed by atoms with E-state index in [4.69, 9.17) is 5.11 Å². The Hall–Kier alpha value is -1.88. The first-order valence-electron chi connectivity index (χ1n) is 6.35. The lowest BCUT2D eigenvalue weighted by atomic mass is 9.87. The Balaban J connectivity index is 2.18. The van der Waals surface area contributed by atoms with Crippen LogP contribution in [0, 0.1) is 6.92 Å². The molecule has 0 spiro atoms. The van der Waals surface area contributed by atoms with Gasteiger partial charge < -0.3 is 10.4 Å². The van der Waals surface area contributed by atoms with Crippen LogP contribution in [0.3, 0.4) is 0 Å². The molecule has 2 rings (SSSR count). The van der Waals surface area contributed by atoms with Crippen LogP contribution in [0.15, 0.2) is 24.3 Å². The normalized spacial score (nSPS) is 11.4. The van der Waals surface area contributed by atoms with Gasteiger partial charge in [-0.3, -0.25) is 0 Å². The van der Waals surface area contributed by atoms with Crippen molar-refractivity contribution >= 4 is 28.1 Å². The molecule has 0 saturated carbocycles. The summed E-state index contributed by atoms with van der Waals surface area (Å²) in [5, 5.41) is 12.7. The van der Waals surface area contributed by atoms with Crippen LogP contribution in [0.25, 0.3) is 0 Å². The van der Waals surface area contributed by atoms with Crippen LogP contribution in [0.5, 0.6) is 0 Å². The molecule has 0 radical (unpaired) electrons. The fraction of sp³-hybridized carbons (Fsp3) is 0.333. The first-order valence-corrected chi connectivity index (χ1v) is 7.17. The minimum absolute atomic E-state index is 0.115. The SMILES string of the molecule is Cc1sc(Nc2ccc(C(C)(C)C)cc2)nc1C(=O)O. The second kappa shape index (κ2) is 5.25. The van der Waals surface area contributed by atoms with Crippen LogP contribution in [-0.4, -0.2) is 16.1 Å². The molecule has 0 aliphatic carbocycles. The van der Waals surface area contributed by atoms with E-state index in [1.807, 2.05) is 12.1 Å². The molecule has 5 heteroatoms. The van der Waals surface area contributed by atoms with Gasteiger partial charge in [0.1, 0.15) is 0 Å². The number of hydrogen-bond acceptors (Lipinski definition) is 4. The number of carboxylic acid groups (broad SMARTS) is 1. The predicted octanol–water partition coefficient (Wildman–Crippen LogP) is 4.19. The van der Waals surface area contributed by atoms with Gasteiger partial charge in [-0.25, -0.2) is 9.78 Å². The lowest BCUT2D eigenvalue weighted by Gasteiger charge is -2.19. The molecule has 1 aromatic carbocycles. The van der Waals surface area contributed by atoms with Crippen LogP contribution in [0.1, 0.15) is 41.7 Å². The molecule has 2 aromatic rings. The number of aromatic carboxylic acids is 1. The highest BCUT2D eigenvalue weighted by Crippen LogP contribution is 2.27. The van der Waals surface area contributed by atoms with E-state index in [-0.39, 0.29) is 11.1 Å². The van der Waals surface area contributed by atoms with E-state index in [0.29, 0.717) is 10.0 Å². The molecular weight excluding hydrogens is 272 g/mol. The fourth-order valence-electron chi connectivity index (χ4n) is 1.83. The minimum Gasteiger partial charge on any atom is -0.476 e. The first-order chi connectivity index (χ1) is 9.27. The lowest BCUT2D eigenvalue weighted by Crippen LogP contribution is -2.10. The summed E-state index contributed by atoms with van der Waals surface area (Å²) >= 11 is 1.34. The Labute approximate surface area is 122 Å². The number of thiazole rings is 1. The van der Waals surface area contributed by atoms with E-state index in [1.54, 1.807) is 6.92 Å². The van der Waals surface area contributed by atoms with Crippen molar-refractivity contribution in [2.24, 2.45) is 0 Å². The Morgan fingerprint density at radius 1 is 1.25 bits per heavy atom. The van der Waals surface area contributed by atoms with Crippen molar-refractivity contribution in [1.29, 1.82) is 0 Å². The van der Waals surface area contributed by atoms with Gasteiger partial charge in [-0.1, -0.05) is 32.9 Å². The average Bonchev–Trinajstić information content (AvgIpc) is 2.70. The zero-order chi connectivity index (χ0) is 14.9. The third-order valence-electron chi connectivity index (χ3n) is 3.00. The van der Waals surface area contributed by atoms with Crippen molar-refractivity contribution in [3.8, 4) is 0 Å². The van der Waals surface area contributed by atoms with Gasteiger partial charge in [0.05, 0.1) is 0 Å². The quantitative estimate of drug-likeness (QED) is 0.889. The van der Waals surface area contributed by atoms with Crippen LogP contribution in [0.4, 0.5) is 10.8 Å². The van der Waals surface area contributed by atoms with Gasteiger partial charge in [-0.15, -0.1) is 11.3 Å². The largest absolute Gasteiger partial charge is 0.476 e. The van der Waals surface area contributed by atoms with Crippen molar-refractivity contribution in [1.82, 2.24) is 4.98 Å². The molecule has 4 nitrogen and oxygen atoms in total. The van der Waals surface area contributed by atoms with E-state index in [0.717, 1.165) is 5.69 Å². The molecule has 0 unspecified atom stereocenters. The zero-order valence-corrected chi connectivity index (χ0v) is 12.8. The van der Waals surface area contributed by atoms with E-state index in [9.17, 15) is 4.79 Å². The molecule has 0 amide bonds. The van der Waals surface area contributed by atoms with E-state index < -0.39 is 5.97 Å². The van der Waals surface area contributed by atoms with Crippen LogP contribution < -0.4 is 5.32 Å². The molecule has 2 N–H and O–H groups in total. The highest BCUT2D eigenvalue weighted by Gasteiger charge is 2.15. The zero-order valence-electron chi connectivity index (χ0n) is 12.0. The van der Waals surface area contributed by atoms with E-state index >= 15 is 0 Å². The number of carbonyl (C=O) groups is 1. The maximum atomic E-state index is 11.0. The van der Waals surface area contributed by atoms with Crippen molar-refractivity contribution in [3.63, 3.8) is 0 Å². The number of hydrogen-bond donors (Lipinski definition) is 2. The molecule has 0 fully saturated rings. The molecule has 0 atom stereocenters. The van der Waals surface area contributed by atoms with Gasteiger partial charge in [0.25, 0.3) is 0 Å². The molecule has 0 saturated heterocycles. The van der Waals surface area contributed by atoms with Gasteiger partial charge in [-0.2, -0.15) is 0 Å². The summed E-state index contributed by atoms with van der Waals surface area (Å²) in [6.45, 7) is 8.26. The molecule has 20 heavy (non-hydrogen) atoms. The molecule has 106 valence electrons. The van der Waals surface area contributed by atoms with Crippen LogP contribution >= 0.6 is 11.3 Å². The number of carboxylic acids is 1. The summed E-state index contributed by atoms with van der Waals surface area (Å²) in [5.74, 6) is -0.991. The summed E-state index contributed by atoms with van der Waals surface area (Å²) in [7, 11) is 0. The predicted molar refractivity (Wildman–Crippen MR) is 82.2 cm³/mol. The molecule has 0 aliphatic heterocycles. The minimum atomic E-state index is -0.991. The number of aryl methyl sites for hydroxylation is 1. The maximum absolute atomic E-state index is 11.0. The Morgan fingerprint density at radius 3 is 2.30 bits per heavy atom. The number of nitrogens with zero attached hydrogens (tertiary/aromatic N) is 1. The fourth-order valence-corrected chi connectivity index (χ4v) is 2.65. The highest BCUT2D eigenvalue weighted by atomic mass is 32.1. The van der Waals surface area contributed by atoms with Gasteiger partial charge >= 0.3 is 5.97 Å². The van der Waals surface area contributed by atoms with Gasteiger partial charge in [0.2, 0.25) is 0 Å². The Kier molecular flexibility index (Phi) is 3.81. The molecule has 1 heterocycles. The highest BCUT2D eigenvalue weighted by molar-refractivity contribution is 7.15. The summed E-state index contributed by atoms with van der Waals surface area (Å²) in [4.78, 5) is 15.7. The summed E-state index contributed by atoms with van der Waals surface area (Å²) in [5.41, 5.74) is 2.39. The number of benzene rings is 1. The number of nitrogens with one attached hydrogen (secondary N) is 1. The van der Waals surface area contributed by atoms with E-state index in [1.165, 1.54) is 16.9 Å². The van der Waals surface area contributed by atoms with Gasteiger partial charge in [-0.05, 0) is 30.0 Å². The maximum Gasteiger partial charge on any atom is 0.355 e. The lowest BCUT2D eigenvalue weighted by molar-refractivity contribution is 0.0690. The number of anilines is 2. The molecule has 0 bridgehead atoms. The summed E-state index contributed by atoms with van der Waals surface area (Å²) in [6.07, 6.45) is 0. The van der Waals surface area contributed by atoms with Crippen molar-refractivity contribution in [2.75, 3.05) is 5.32 Å². The molecular formula is C15H18N2O2S. The van der Waals surface area contributed by atoms with Crippen LogP contribution in [0.2, 0.25) is 0 Å². The molecule has 0 aliphatic rings. The second-order valence-electron chi connectivity index (χ2n) is 5.68. The Morgan fingerprint density at radius 2 is 1.85 bits per heavy atom. The number of aromatic nitrogens is 1. The second-order valence-corrected chi connectivity index (χ2v) is 6.88. The Bertz CT molecular complexity index is 624. The first kappa shape index (κ1) is 14.5. The van der Waals surface area contributed by atoms with Crippen molar-refractivity contribution in [3.05, 3.63) is 40.4 Å². The van der Waals surface area contributed by atoms with Crippen LogP contribution in [-0.2, 0) is 5.41 Å². The summed E-state index contributed by atoms with van der Waals surface area (Å²) in [6, 6.07) is 8.11. The smallest absolute Gasteiger partial charge is 0.355 e. The summed E-state index contributed by atoms with van der Waals surface area (Å²) < 4.78 is 0. The number of rotatable bonds is 3.